The van der Waals surface area contributed by atoms with E-state index in [1.165, 1.54) is 33.5 Å². The van der Waals surface area contributed by atoms with Crippen LogP contribution in [0.1, 0.15) is 39.7 Å². The molecule has 2 aliphatic rings. The van der Waals surface area contributed by atoms with Crippen molar-refractivity contribution in [2.45, 2.75) is 45.9 Å². The third-order valence-electron chi connectivity index (χ3n) is 5.49. The molecule has 0 radical (unpaired) electrons. The molecule has 2 atom stereocenters. The Balaban J connectivity index is 0.00000105. The molecule has 3 aromatic rings. The van der Waals surface area contributed by atoms with Crippen molar-refractivity contribution in [1.29, 1.82) is 0 Å². The lowest BCUT2D eigenvalue weighted by atomic mass is 10.1. The SMILES string of the molecule is Cc1cc(C)c(-n2c[n+]3c(n2)COC2Cc4ccccc4C23)c(C)c1.O.[Cl-]. The van der Waals surface area contributed by atoms with Gasteiger partial charge < -0.3 is 22.6 Å². The Morgan fingerprint density at radius 1 is 1.11 bits per heavy atom. The summed E-state index contributed by atoms with van der Waals surface area (Å²) in [7, 11) is 0. The fourth-order valence-corrected chi connectivity index (χ4v) is 4.56. The fraction of sp³-hybridized carbons (Fsp3) is 0.333. The van der Waals surface area contributed by atoms with Gasteiger partial charge in [-0.25, -0.2) is 4.57 Å². The van der Waals surface area contributed by atoms with Crippen molar-refractivity contribution in [1.82, 2.24) is 9.78 Å². The highest BCUT2D eigenvalue weighted by Crippen LogP contribution is 2.35. The van der Waals surface area contributed by atoms with Crippen LogP contribution in [0.15, 0.2) is 42.7 Å². The van der Waals surface area contributed by atoms with E-state index in [0.717, 1.165) is 12.2 Å². The first kappa shape index (κ1) is 19.5. The summed E-state index contributed by atoms with van der Waals surface area (Å²) in [5.74, 6) is 0.998. The average Bonchev–Trinajstić information content (AvgIpc) is 3.13. The van der Waals surface area contributed by atoms with E-state index in [2.05, 4.69) is 68.1 Å². The van der Waals surface area contributed by atoms with Crippen molar-refractivity contribution in [3.05, 3.63) is 76.4 Å². The summed E-state index contributed by atoms with van der Waals surface area (Å²) in [6.45, 7) is 7.03. The van der Waals surface area contributed by atoms with Gasteiger partial charge >= 0.3 is 5.82 Å². The van der Waals surface area contributed by atoms with Gasteiger partial charge in [0, 0.05) is 11.5 Å². The Hall–Kier alpha value is -2.21. The zero-order chi connectivity index (χ0) is 17.1. The summed E-state index contributed by atoms with van der Waals surface area (Å²) in [5, 5.41) is 4.86. The minimum Gasteiger partial charge on any atom is -1.00 e. The zero-order valence-corrected chi connectivity index (χ0v) is 16.5. The minimum absolute atomic E-state index is 0. The molecule has 0 amide bonds. The van der Waals surface area contributed by atoms with Crippen molar-refractivity contribution in [2.24, 2.45) is 0 Å². The van der Waals surface area contributed by atoms with Crippen LogP contribution in [0.2, 0.25) is 0 Å². The van der Waals surface area contributed by atoms with E-state index in [4.69, 9.17) is 9.84 Å². The van der Waals surface area contributed by atoms with Crippen molar-refractivity contribution in [2.75, 3.05) is 0 Å². The molecule has 1 aliphatic heterocycles. The topological polar surface area (TPSA) is 62.4 Å². The molecule has 0 saturated carbocycles. The summed E-state index contributed by atoms with van der Waals surface area (Å²) < 4.78 is 10.5. The van der Waals surface area contributed by atoms with Crippen molar-refractivity contribution < 1.29 is 27.2 Å². The average molecular weight is 386 g/mol. The number of hydrogen-bond donors (Lipinski definition) is 0. The van der Waals surface area contributed by atoms with Crippen LogP contribution in [0.25, 0.3) is 5.69 Å². The molecule has 0 fully saturated rings. The fourth-order valence-electron chi connectivity index (χ4n) is 4.56. The third-order valence-corrected chi connectivity index (χ3v) is 5.49. The van der Waals surface area contributed by atoms with Gasteiger partial charge in [-0.15, -0.1) is 0 Å². The van der Waals surface area contributed by atoms with Gasteiger partial charge in [0.05, 0.1) is 0 Å². The molecule has 27 heavy (non-hydrogen) atoms. The van der Waals surface area contributed by atoms with Crippen molar-refractivity contribution in [3.63, 3.8) is 0 Å². The lowest BCUT2D eigenvalue weighted by Gasteiger charge is -2.23. The molecule has 2 aromatic carbocycles. The molecule has 6 heteroatoms. The van der Waals surface area contributed by atoms with Gasteiger partial charge in [0.15, 0.2) is 0 Å². The Morgan fingerprint density at radius 2 is 1.81 bits per heavy atom. The Bertz CT molecular complexity index is 976. The van der Waals surface area contributed by atoms with Gasteiger partial charge in [0.2, 0.25) is 6.33 Å². The largest absolute Gasteiger partial charge is 1.00 e. The van der Waals surface area contributed by atoms with E-state index < -0.39 is 0 Å². The second kappa shape index (κ2) is 7.08. The monoisotopic (exact) mass is 385 g/mol. The second-order valence-electron chi connectivity index (χ2n) is 7.33. The Kier molecular flexibility index (Phi) is 5.12. The molecular formula is C21H24ClN3O2. The quantitative estimate of drug-likeness (QED) is 0.520. The Morgan fingerprint density at radius 3 is 2.56 bits per heavy atom. The number of aryl methyl sites for hydroxylation is 3. The summed E-state index contributed by atoms with van der Waals surface area (Å²) >= 11 is 0. The van der Waals surface area contributed by atoms with Crippen molar-refractivity contribution in [3.8, 4) is 5.69 Å². The number of rotatable bonds is 1. The van der Waals surface area contributed by atoms with Gasteiger partial charge in [-0.1, -0.05) is 46.6 Å². The molecule has 2 unspecified atom stereocenters. The maximum Gasteiger partial charge on any atom is 0.304 e. The number of fused-ring (bicyclic) bond motifs is 5. The molecular weight excluding hydrogens is 362 g/mol. The van der Waals surface area contributed by atoms with E-state index in [0.29, 0.717) is 6.61 Å². The van der Waals surface area contributed by atoms with Gasteiger partial charge in [0.1, 0.15) is 24.4 Å². The number of ether oxygens (including phenoxy) is 1. The lowest BCUT2D eigenvalue weighted by molar-refractivity contribution is -0.739. The molecule has 0 saturated heterocycles. The van der Waals surface area contributed by atoms with Gasteiger partial charge in [-0.05, 0) is 43.0 Å². The maximum absolute atomic E-state index is 6.14. The summed E-state index contributed by atoms with van der Waals surface area (Å²) in [5.41, 5.74) is 7.74. The van der Waals surface area contributed by atoms with Crippen LogP contribution in [-0.4, -0.2) is 21.4 Å². The highest BCUT2D eigenvalue weighted by atomic mass is 35.5. The lowest BCUT2D eigenvalue weighted by Crippen LogP contribution is -3.00. The number of halogens is 1. The summed E-state index contributed by atoms with van der Waals surface area (Å²) in [6, 6.07) is 13.4. The molecule has 1 aromatic heterocycles. The molecule has 1 aliphatic carbocycles. The summed E-state index contributed by atoms with van der Waals surface area (Å²) in [6.07, 6.45) is 3.36. The van der Waals surface area contributed by atoms with Gasteiger partial charge in [-0.3, -0.25) is 0 Å². The van der Waals surface area contributed by atoms with Crippen LogP contribution in [0.3, 0.4) is 0 Å². The number of hydrogen-bond acceptors (Lipinski definition) is 2. The van der Waals surface area contributed by atoms with Gasteiger partial charge in [0.25, 0.3) is 0 Å². The standard InChI is InChI=1S/C21H22N3O.ClH.H2O/c1-13-8-14(2)20(15(3)9-13)24-12-23-19(22-24)11-25-18-10-16-6-4-5-7-17(16)21(18)23;;/h4-9,12,18,21H,10-11H2,1-3H3;1H;1H2/q+1;;/p-1. The second-order valence-corrected chi connectivity index (χ2v) is 7.33. The van der Waals surface area contributed by atoms with Gasteiger partial charge in [-0.2, -0.15) is 0 Å². The van der Waals surface area contributed by atoms with Crippen molar-refractivity contribution >= 4 is 0 Å². The van der Waals surface area contributed by atoms with Crippen LogP contribution in [0.5, 0.6) is 0 Å². The minimum atomic E-state index is 0. The first-order valence-electron chi connectivity index (χ1n) is 8.89. The van der Waals surface area contributed by atoms with E-state index >= 15 is 0 Å². The van der Waals surface area contributed by atoms with Crippen LogP contribution in [0, 0.1) is 20.8 Å². The third kappa shape index (κ3) is 2.96. The molecule has 2 heterocycles. The molecule has 0 spiro atoms. The number of benzene rings is 2. The molecule has 5 nitrogen and oxygen atoms in total. The van der Waals surface area contributed by atoms with E-state index in [-0.39, 0.29) is 30.0 Å². The molecule has 0 bridgehead atoms. The molecule has 2 N–H and O–H groups in total. The number of nitrogens with zero attached hydrogens (tertiary/aromatic N) is 3. The first-order valence-corrected chi connectivity index (χ1v) is 8.89. The Labute approximate surface area is 165 Å². The van der Waals surface area contributed by atoms with Crippen LogP contribution < -0.4 is 17.0 Å². The predicted octanol–water partition coefficient (Wildman–Crippen LogP) is -0.691. The van der Waals surface area contributed by atoms with E-state index in [9.17, 15) is 0 Å². The summed E-state index contributed by atoms with van der Waals surface area (Å²) in [4.78, 5) is 0. The zero-order valence-electron chi connectivity index (χ0n) is 15.7. The first-order chi connectivity index (χ1) is 12.1. The highest BCUT2D eigenvalue weighted by molar-refractivity contribution is 5.48. The molecule has 142 valence electrons. The number of aromatic nitrogens is 3. The highest BCUT2D eigenvalue weighted by Gasteiger charge is 2.43. The molecule has 5 rings (SSSR count). The van der Waals surface area contributed by atoms with Crippen LogP contribution in [0.4, 0.5) is 0 Å². The smallest absolute Gasteiger partial charge is 0.304 e. The van der Waals surface area contributed by atoms with E-state index in [1.807, 2.05) is 4.68 Å². The predicted molar refractivity (Wildman–Crippen MR) is 98.4 cm³/mol. The van der Waals surface area contributed by atoms with Crippen LogP contribution in [-0.2, 0) is 17.8 Å². The maximum atomic E-state index is 6.14. The van der Waals surface area contributed by atoms with Crippen LogP contribution >= 0.6 is 0 Å². The normalized spacial score (nSPS) is 19.4. The van der Waals surface area contributed by atoms with E-state index in [1.54, 1.807) is 0 Å².